The van der Waals surface area contributed by atoms with E-state index in [0.717, 1.165) is 12.1 Å². The van der Waals surface area contributed by atoms with E-state index in [2.05, 4.69) is 0 Å². The Hall–Kier alpha value is -2.83. The monoisotopic (exact) mass is 521 g/mol. The molecule has 2 atom stereocenters. The number of carbonyl (C=O) groups is 2. The zero-order valence-corrected chi connectivity index (χ0v) is 19.1. The van der Waals surface area contributed by atoms with Gasteiger partial charge in [0.15, 0.2) is 11.8 Å². The van der Waals surface area contributed by atoms with Crippen molar-refractivity contribution in [3.63, 3.8) is 0 Å². The van der Waals surface area contributed by atoms with Gasteiger partial charge in [-0.2, -0.15) is 17.9 Å². The topological polar surface area (TPSA) is 119 Å². The number of nitrogens with one attached hydrogen (secondary N) is 1. The smallest absolute Gasteiger partial charge is 0.416 e. The van der Waals surface area contributed by atoms with Crippen LogP contribution >= 0.6 is 11.6 Å². The number of carbonyl (C=O) groups excluding carboxylic acids is 1. The summed E-state index contributed by atoms with van der Waals surface area (Å²) in [6.45, 7) is 0.467. The van der Waals surface area contributed by atoms with E-state index in [-0.39, 0.29) is 34.1 Å². The minimum atomic E-state index is -4.74. The molecular weight excluding hydrogens is 503 g/mol. The van der Waals surface area contributed by atoms with Crippen LogP contribution in [0.5, 0.6) is 11.5 Å². The van der Waals surface area contributed by atoms with Crippen molar-refractivity contribution in [2.45, 2.75) is 31.7 Å². The number of ether oxygens (including phenoxy) is 2. The van der Waals surface area contributed by atoms with Crippen molar-refractivity contribution in [3.8, 4) is 11.5 Å². The van der Waals surface area contributed by atoms with Crippen LogP contribution in [0.2, 0.25) is 5.02 Å². The largest absolute Gasteiger partial charge is 0.491 e. The number of Topliss-reactive ketones (excluding diaryl/α,β-unsaturated/α-hetero) is 1. The molecule has 34 heavy (non-hydrogen) atoms. The van der Waals surface area contributed by atoms with Crippen molar-refractivity contribution < 1.29 is 45.8 Å². The molecular formula is C21H19ClF3NO7S. The maximum absolute atomic E-state index is 13.3. The molecule has 0 fully saturated rings. The molecule has 0 radical (unpaired) electrons. The molecule has 3 rings (SSSR count). The molecule has 184 valence electrons. The second-order valence-electron chi connectivity index (χ2n) is 7.32. The van der Waals surface area contributed by atoms with Crippen LogP contribution < -0.4 is 14.2 Å². The van der Waals surface area contributed by atoms with Crippen LogP contribution in [0.1, 0.15) is 40.9 Å². The first-order valence-corrected chi connectivity index (χ1v) is 11.9. The third kappa shape index (κ3) is 5.80. The third-order valence-corrected chi connectivity index (χ3v) is 6.69. The van der Waals surface area contributed by atoms with Gasteiger partial charge in [0.05, 0.1) is 28.3 Å². The zero-order chi connectivity index (χ0) is 25.3. The van der Waals surface area contributed by atoms with Gasteiger partial charge in [-0.05, 0) is 31.2 Å². The molecule has 0 saturated carbocycles. The van der Waals surface area contributed by atoms with Crippen molar-refractivity contribution in [2.75, 3.05) is 12.4 Å². The summed E-state index contributed by atoms with van der Waals surface area (Å²) in [4.78, 5) is 24.1. The van der Waals surface area contributed by atoms with Crippen LogP contribution in [-0.2, 0) is 21.0 Å². The Morgan fingerprint density at radius 3 is 2.65 bits per heavy atom. The highest BCUT2D eigenvalue weighted by Gasteiger charge is 2.35. The molecule has 0 amide bonds. The lowest BCUT2D eigenvalue weighted by molar-refractivity contribution is -0.140. The number of benzene rings is 2. The van der Waals surface area contributed by atoms with E-state index in [1.807, 2.05) is 4.72 Å². The number of para-hydroxylation sites is 1. The number of rotatable bonds is 8. The fourth-order valence-corrected chi connectivity index (χ4v) is 4.20. The van der Waals surface area contributed by atoms with Gasteiger partial charge < -0.3 is 14.6 Å². The standard InChI is InChI=1S/C21H19ClF3NO7S/c1-2-34(30,31)26-15(20(28)29)10-32-17-8-11(21(23,24)25)6-7-13(17)18-9-16(27)12-4-3-5-14(22)19(12)33-18/h3-8,15,18,26H,2,9-10H2,1H3,(H,28,29)/t15-,18?/m1/s1. The average Bonchev–Trinajstić information content (AvgIpc) is 2.76. The van der Waals surface area contributed by atoms with Crippen molar-refractivity contribution in [2.24, 2.45) is 0 Å². The van der Waals surface area contributed by atoms with Gasteiger partial charge in [-0.15, -0.1) is 0 Å². The fraction of sp³-hybridized carbons (Fsp3) is 0.333. The number of halogens is 4. The van der Waals surface area contributed by atoms with Crippen LogP contribution in [0.15, 0.2) is 36.4 Å². The summed E-state index contributed by atoms with van der Waals surface area (Å²) in [5.74, 6) is -2.71. The molecule has 2 N–H and O–H groups in total. The first-order chi connectivity index (χ1) is 15.8. The molecule has 1 heterocycles. The van der Waals surface area contributed by atoms with Crippen molar-refractivity contribution >= 4 is 33.4 Å². The number of hydrogen-bond donors (Lipinski definition) is 2. The van der Waals surface area contributed by atoms with E-state index >= 15 is 0 Å². The highest BCUT2D eigenvalue weighted by molar-refractivity contribution is 7.89. The normalized spacial score (nSPS) is 17.0. The van der Waals surface area contributed by atoms with Gasteiger partial charge in [-0.1, -0.05) is 23.7 Å². The maximum Gasteiger partial charge on any atom is 0.416 e. The number of sulfonamides is 1. The Labute approximate surface area is 197 Å². The number of carboxylic acids is 1. The van der Waals surface area contributed by atoms with Gasteiger partial charge in [0.1, 0.15) is 24.2 Å². The van der Waals surface area contributed by atoms with Gasteiger partial charge in [0, 0.05) is 5.56 Å². The van der Waals surface area contributed by atoms with E-state index in [1.54, 1.807) is 6.07 Å². The predicted octanol–water partition coefficient (Wildman–Crippen LogP) is 3.84. The number of hydrogen-bond acceptors (Lipinski definition) is 6. The maximum atomic E-state index is 13.3. The molecule has 1 unspecified atom stereocenters. The van der Waals surface area contributed by atoms with Gasteiger partial charge in [-0.3, -0.25) is 9.59 Å². The van der Waals surface area contributed by atoms with Gasteiger partial charge in [0.2, 0.25) is 10.0 Å². The molecule has 0 spiro atoms. The second-order valence-corrected chi connectivity index (χ2v) is 9.77. The highest BCUT2D eigenvalue weighted by Crippen LogP contribution is 2.43. The fourth-order valence-electron chi connectivity index (χ4n) is 3.21. The molecule has 2 aromatic carbocycles. The lowest BCUT2D eigenvalue weighted by Gasteiger charge is -2.28. The predicted molar refractivity (Wildman–Crippen MR) is 115 cm³/mol. The lowest BCUT2D eigenvalue weighted by Crippen LogP contribution is -2.45. The number of ketones is 1. The van der Waals surface area contributed by atoms with Gasteiger partial charge in [-0.25, -0.2) is 8.42 Å². The Balaban J connectivity index is 1.97. The molecule has 1 aliphatic heterocycles. The zero-order valence-electron chi connectivity index (χ0n) is 17.6. The highest BCUT2D eigenvalue weighted by atomic mass is 35.5. The van der Waals surface area contributed by atoms with Crippen LogP contribution in [0.4, 0.5) is 13.2 Å². The molecule has 0 saturated heterocycles. The summed E-state index contributed by atoms with van der Waals surface area (Å²) in [7, 11) is -3.95. The van der Waals surface area contributed by atoms with Crippen LogP contribution in [-0.4, -0.2) is 43.7 Å². The van der Waals surface area contributed by atoms with Crippen molar-refractivity contribution in [3.05, 3.63) is 58.1 Å². The van der Waals surface area contributed by atoms with E-state index < -0.39 is 58.0 Å². The van der Waals surface area contributed by atoms with E-state index in [1.165, 1.54) is 19.1 Å². The number of carboxylic acid groups (broad SMARTS) is 1. The Bertz CT molecular complexity index is 1220. The Morgan fingerprint density at radius 1 is 1.32 bits per heavy atom. The summed E-state index contributed by atoms with van der Waals surface area (Å²) in [5.41, 5.74) is -0.833. The summed E-state index contributed by atoms with van der Waals surface area (Å²) in [6.07, 6.45) is -6.06. The van der Waals surface area contributed by atoms with Crippen molar-refractivity contribution in [1.82, 2.24) is 4.72 Å². The second kappa shape index (κ2) is 9.80. The van der Waals surface area contributed by atoms with E-state index in [0.29, 0.717) is 6.07 Å². The first kappa shape index (κ1) is 25.8. The summed E-state index contributed by atoms with van der Waals surface area (Å²) in [6, 6.07) is 5.24. The number of aliphatic carboxylic acids is 1. The molecule has 1 aliphatic rings. The molecule has 0 aromatic heterocycles. The summed E-state index contributed by atoms with van der Waals surface area (Å²) in [5, 5.41) is 9.45. The minimum absolute atomic E-state index is 0.0365. The SMILES string of the molecule is CCS(=O)(=O)N[C@H](COc1cc(C(F)(F)F)ccc1C1CC(=O)c2cccc(Cl)c2O1)C(=O)O. The molecule has 13 heteroatoms. The Morgan fingerprint density at radius 2 is 2.03 bits per heavy atom. The molecule has 8 nitrogen and oxygen atoms in total. The lowest BCUT2D eigenvalue weighted by atomic mass is 9.95. The van der Waals surface area contributed by atoms with Crippen LogP contribution in [0.25, 0.3) is 0 Å². The molecule has 2 aromatic rings. The van der Waals surface area contributed by atoms with E-state index in [4.69, 9.17) is 21.1 Å². The summed E-state index contributed by atoms with van der Waals surface area (Å²) >= 11 is 6.11. The van der Waals surface area contributed by atoms with E-state index in [9.17, 15) is 36.3 Å². The van der Waals surface area contributed by atoms with Crippen LogP contribution in [0.3, 0.4) is 0 Å². The van der Waals surface area contributed by atoms with Gasteiger partial charge >= 0.3 is 12.1 Å². The molecule has 0 aliphatic carbocycles. The first-order valence-electron chi connectivity index (χ1n) is 9.87. The quantitative estimate of drug-likeness (QED) is 0.541. The Kier molecular flexibility index (Phi) is 7.44. The minimum Gasteiger partial charge on any atom is -0.491 e. The average molecular weight is 522 g/mol. The summed E-state index contributed by atoms with van der Waals surface area (Å²) < 4.78 is 76.5. The van der Waals surface area contributed by atoms with Crippen LogP contribution in [0, 0.1) is 0 Å². The number of alkyl halides is 3. The van der Waals surface area contributed by atoms with Crippen molar-refractivity contribution in [1.29, 1.82) is 0 Å². The molecule has 0 bridgehead atoms. The number of fused-ring (bicyclic) bond motifs is 1. The van der Waals surface area contributed by atoms with Gasteiger partial charge in [0.25, 0.3) is 0 Å². The third-order valence-electron chi connectivity index (χ3n) is 4.99.